The van der Waals surface area contributed by atoms with Crippen LogP contribution < -0.4 is 14.8 Å². The molecule has 0 aliphatic rings. The first kappa shape index (κ1) is 25.4. The van der Waals surface area contributed by atoms with E-state index < -0.39 is 16.6 Å². The number of allylic oxidation sites excluding steroid dienone is 1. The van der Waals surface area contributed by atoms with Crippen LogP contribution in [0.5, 0.6) is 11.5 Å². The first-order chi connectivity index (χ1) is 16.8. The van der Waals surface area contributed by atoms with E-state index >= 15 is 0 Å². The maximum Gasteiger partial charge on any atom is 0.270 e. The second-order valence-electron chi connectivity index (χ2n) is 7.07. The molecule has 0 aliphatic heterocycles. The topological polar surface area (TPSA) is 114 Å². The van der Waals surface area contributed by atoms with Crippen molar-refractivity contribution in [3.05, 3.63) is 92.2 Å². The Bertz CT molecular complexity index is 1320. The van der Waals surface area contributed by atoms with Gasteiger partial charge >= 0.3 is 0 Å². The van der Waals surface area contributed by atoms with E-state index in [2.05, 4.69) is 27.3 Å². The number of anilines is 1. The molecule has 1 N–H and O–H groups in total. The molecular weight excluding hydrogens is 521 g/mol. The maximum absolute atomic E-state index is 13.0. The second kappa shape index (κ2) is 11.8. The Hall–Kier alpha value is -4.23. The zero-order valence-electron chi connectivity index (χ0n) is 18.5. The van der Waals surface area contributed by atoms with E-state index in [1.54, 1.807) is 31.2 Å². The summed E-state index contributed by atoms with van der Waals surface area (Å²) in [6.07, 6.45) is 1.57. The van der Waals surface area contributed by atoms with Crippen LogP contribution >= 0.6 is 15.9 Å². The molecular formula is C25H19BrFN3O5. The number of carbonyl (C=O) groups is 1. The summed E-state index contributed by atoms with van der Waals surface area (Å²) in [5.41, 5.74) is 1.48. The van der Waals surface area contributed by atoms with Crippen molar-refractivity contribution in [3.8, 4) is 17.6 Å². The van der Waals surface area contributed by atoms with E-state index in [0.717, 1.165) is 0 Å². The molecule has 0 heterocycles. The van der Waals surface area contributed by atoms with Gasteiger partial charge in [-0.2, -0.15) is 5.26 Å². The molecule has 8 nitrogen and oxygen atoms in total. The van der Waals surface area contributed by atoms with E-state index in [0.29, 0.717) is 39.4 Å². The lowest BCUT2D eigenvalue weighted by molar-refractivity contribution is -0.384. The predicted octanol–water partition coefficient (Wildman–Crippen LogP) is 5.98. The number of ether oxygens (including phenoxy) is 2. The van der Waals surface area contributed by atoms with Gasteiger partial charge < -0.3 is 14.8 Å². The molecule has 1 amide bonds. The van der Waals surface area contributed by atoms with E-state index in [-0.39, 0.29) is 17.9 Å². The Kier molecular flexibility index (Phi) is 8.53. The van der Waals surface area contributed by atoms with Crippen molar-refractivity contribution in [2.45, 2.75) is 6.92 Å². The van der Waals surface area contributed by atoms with Gasteiger partial charge in [0.2, 0.25) is 0 Å². The van der Waals surface area contributed by atoms with Crippen molar-refractivity contribution in [2.75, 3.05) is 18.5 Å². The van der Waals surface area contributed by atoms with Gasteiger partial charge in [-0.15, -0.1) is 0 Å². The molecule has 0 aromatic heterocycles. The van der Waals surface area contributed by atoms with Crippen LogP contribution in [0.3, 0.4) is 0 Å². The highest BCUT2D eigenvalue weighted by Crippen LogP contribution is 2.36. The molecule has 0 atom stereocenters. The molecule has 178 valence electrons. The zero-order chi connectivity index (χ0) is 25.4. The van der Waals surface area contributed by atoms with E-state index in [9.17, 15) is 24.6 Å². The number of benzene rings is 3. The quantitative estimate of drug-likeness (QED) is 0.155. The van der Waals surface area contributed by atoms with Crippen LogP contribution in [-0.2, 0) is 4.79 Å². The number of hydrogen-bond acceptors (Lipinski definition) is 6. The number of nitrogens with zero attached hydrogens (tertiary/aromatic N) is 2. The van der Waals surface area contributed by atoms with Crippen LogP contribution in [0.25, 0.3) is 11.6 Å². The van der Waals surface area contributed by atoms with Gasteiger partial charge in [-0.3, -0.25) is 14.9 Å². The van der Waals surface area contributed by atoms with Crippen LogP contribution in [-0.4, -0.2) is 24.0 Å². The summed E-state index contributed by atoms with van der Waals surface area (Å²) in [6, 6.07) is 16.4. The second-order valence-corrected chi connectivity index (χ2v) is 7.93. The van der Waals surface area contributed by atoms with E-state index in [4.69, 9.17) is 9.47 Å². The third-order valence-corrected chi connectivity index (χ3v) is 5.32. The molecule has 10 heteroatoms. The molecule has 35 heavy (non-hydrogen) atoms. The molecule has 0 saturated carbocycles. The minimum Gasteiger partial charge on any atom is -0.490 e. The van der Waals surface area contributed by atoms with Gasteiger partial charge in [-0.25, -0.2) is 4.39 Å². The maximum atomic E-state index is 13.0. The third-order valence-electron chi connectivity index (χ3n) is 4.64. The van der Waals surface area contributed by atoms with Crippen LogP contribution in [0.1, 0.15) is 18.1 Å². The Labute approximate surface area is 208 Å². The van der Waals surface area contributed by atoms with Crippen LogP contribution in [0.15, 0.2) is 65.1 Å². The number of nitriles is 1. The first-order valence-corrected chi connectivity index (χ1v) is 11.1. The van der Waals surface area contributed by atoms with Crippen molar-refractivity contribution in [1.29, 1.82) is 5.26 Å². The number of non-ortho nitro benzene ring substituents is 1. The highest BCUT2D eigenvalue weighted by Gasteiger charge is 2.14. The molecule has 0 unspecified atom stereocenters. The van der Waals surface area contributed by atoms with Gasteiger partial charge in [0.25, 0.3) is 11.6 Å². The fraction of sp³-hybridized carbons (Fsp3) is 0.120. The molecule has 0 fully saturated rings. The average Bonchev–Trinajstić information content (AvgIpc) is 2.84. The van der Waals surface area contributed by atoms with Gasteiger partial charge in [0.1, 0.15) is 5.82 Å². The summed E-state index contributed by atoms with van der Waals surface area (Å²) in [4.78, 5) is 22.8. The number of halogens is 2. The van der Waals surface area contributed by atoms with Crippen molar-refractivity contribution in [3.63, 3.8) is 0 Å². The Morgan fingerprint density at radius 2 is 1.89 bits per heavy atom. The van der Waals surface area contributed by atoms with E-state index in [1.807, 2.05) is 0 Å². The molecule has 3 aromatic rings. The average molecular weight is 540 g/mol. The van der Waals surface area contributed by atoms with Crippen LogP contribution in [0.2, 0.25) is 0 Å². The molecule has 0 saturated heterocycles. The molecule has 3 aromatic carbocycles. The lowest BCUT2D eigenvalue weighted by Crippen LogP contribution is -2.20. The minimum absolute atomic E-state index is 0.125. The van der Waals surface area contributed by atoms with Gasteiger partial charge in [0.15, 0.2) is 18.1 Å². The van der Waals surface area contributed by atoms with Crippen molar-refractivity contribution >= 4 is 44.9 Å². The number of nitrogens with one attached hydrogen (secondary N) is 1. The lowest BCUT2D eigenvalue weighted by Gasteiger charge is -2.14. The normalized spacial score (nSPS) is 10.9. The fourth-order valence-electron chi connectivity index (χ4n) is 3.04. The fourth-order valence-corrected chi connectivity index (χ4v) is 3.48. The molecule has 0 radical (unpaired) electrons. The number of rotatable bonds is 9. The summed E-state index contributed by atoms with van der Waals surface area (Å²) in [5.74, 6) is -0.229. The van der Waals surface area contributed by atoms with Crippen molar-refractivity contribution < 1.29 is 23.6 Å². The summed E-state index contributed by atoms with van der Waals surface area (Å²) >= 11 is 3.43. The summed E-state index contributed by atoms with van der Waals surface area (Å²) in [6.45, 7) is 1.78. The number of hydrogen-bond donors (Lipinski definition) is 1. The minimum atomic E-state index is -0.528. The monoisotopic (exact) mass is 539 g/mol. The van der Waals surface area contributed by atoms with Crippen molar-refractivity contribution in [2.24, 2.45) is 0 Å². The predicted molar refractivity (Wildman–Crippen MR) is 132 cm³/mol. The Morgan fingerprint density at radius 3 is 2.54 bits per heavy atom. The standard InChI is InChI=1S/C25H19BrFN3O5/c1-2-34-23-12-17(10-18(14-28)16-4-3-5-21(11-16)30(32)33)22(26)13-24(23)35-15-25(31)29-20-8-6-19(27)7-9-20/h3-13H,2,15H2,1H3,(H,29,31)/b18-10-. The smallest absolute Gasteiger partial charge is 0.270 e. The summed E-state index contributed by atoms with van der Waals surface area (Å²) in [5, 5.41) is 23.3. The summed E-state index contributed by atoms with van der Waals surface area (Å²) in [7, 11) is 0. The van der Waals surface area contributed by atoms with Gasteiger partial charge in [-0.1, -0.05) is 28.1 Å². The number of carbonyl (C=O) groups excluding carboxylic acids is 1. The lowest BCUT2D eigenvalue weighted by atomic mass is 10.0. The Balaban J connectivity index is 1.83. The van der Waals surface area contributed by atoms with Gasteiger partial charge in [-0.05, 0) is 60.5 Å². The summed E-state index contributed by atoms with van der Waals surface area (Å²) < 4.78 is 24.9. The number of nitro benzene ring substituents is 1. The largest absolute Gasteiger partial charge is 0.490 e. The van der Waals surface area contributed by atoms with E-state index in [1.165, 1.54) is 42.5 Å². The van der Waals surface area contributed by atoms with Gasteiger partial charge in [0, 0.05) is 22.3 Å². The number of nitro groups is 1. The third kappa shape index (κ3) is 6.88. The number of amides is 1. The first-order valence-electron chi connectivity index (χ1n) is 10.3. The molecule has 0 bridgehead atoms. The molecule has 0 aliphatic carbocycles. The molecule has 0 spiro atoms. The highest BCUT2D eigenvalue weighted by atomic mass is 79.9. The SMILES string of the molecule is CCOc1cc(/C=C(/C#N)c2cccc([N+](=O)[O-])c2)c(Br)cc1OCC(=O)Nc1ccc(F)cc1. The van der Waals surface area contributed by atoms with Gasteiger partial charge in [0.05, 0.1) is 23.2 Å². The molecule has 3 rings (SSSR count). The van der Waals surface area contributed by atoms with Crippen LogP contribution in [0.4, 0.5) is 15.8 Å². The zero-order valence-corrected chi connectivity index (χ0v) is 20.0. The van der Waals surface area contributed by atoms with Crippen LogP contribution in [0, 0.1) is 27.3 Å². The highest BCUT2D eigenvalue weighted by molar-refractivity contribution is 9.10. The Morgan fingerprint density at radius 1 is 1.17 bits per heavy atom. The van der Waals surface area contributed by atoms with Crippen molar-refractivity contribution in [1.82, 2.24) is 0 Å².